The van der Waals surface area contributed by atoms with E-state index < -0.39 is 12.1 Å². The second kappa shape index (κ2) is 25.0. The molecule has 0 radical (unpaired) electrons. The van der Waals surface area contributed by atoms with Crippen LogP contribution >= 0.6 is 34.8 Å². The third-order valence-electron chi connectivity index (χ3n) is 9.18. The molecule has 17 heteroatoms. The van der Waals surface area contributed by atoms with Crippen LogP contribution in [0, 0.1) is 6.92 Å². The molecule has 58 heavy (non-hydrogen) atoms. The zero-order valence-electron chi connectivity index (χ0n) is 33.6. The van der Waals surface area contributed by atoms with Gasteiger partial charge in [-0.05, 0) is 88.6 Å². The summed E-state index contributed by atoms with van der Waals surface area (Å²) >= 11 is 18.8. The van der Waals surface area contributed by atoms with Crippen molar-refractivity contribution in [1.82, 2.24) is 41.7 Å². The van der Waals surface area contributed by atoms with E-state index in [4.69, 9.17) is 34.8 Å². The van der Waals surface area contributed by atoms with Gasteiger partial charge in [-0.2, -0.15) is 5.10 Å². The molecular weight excluding hydrogens is 807 g/mol. The van der Waals surface area contributed by atoms with Gasteiger partial charge in [0.25, 0.3) is 5.91 Å². The van der Waals surface area contributed by atoms with Gasteiger partial charge in [-0.25, -0.2) is 4.68 Å². The molecule has 0 aliphatic rings. The molecule has 0 saturated carbocycles. The second-order valence-corrected chi connectivity index (χ2v) is 15.3. The van der Waals surface area contributed by atoms with Gasteiger partial charge >= 0.3 is 0 Å². The molecule has 6 N–H and O–H groups in total. The highest BCUT2D eigenvalue weighted by Gasteiger charge is 2.24. The first-order valence-electron chi connectivity index (χ1n) is 19.6. The molecule has 3 aromatic rings. The van der Waals surface area contributed by atoms with Crippen molar-refractivity contribution in [2.45, 2.75) is 104 Å². The minimum absolute atomic E-state index is 0.118. The Labute approximate surface area is 355 Å². The van der Waals surface area contributed by atoms with Gasteiger partial charge in [-0.15, -0.1) is 0 Å². The molecule has 0 fully saturated rings. The molecule has 3 rings (SSSR count). The standard InChI is InChI=1S/C41H55Cl3N8O6/c1-26-37(51-52(36-20-19-32(43)25-33(36)44)38(26)30-15-17-31(42)18-16-30)41(58)48-23-10-6-5-9-22-46-39(56)35(50-29(4)55)14-8-12-24-47-40(57)34(49-28(3)54)13-7-11-21-45-27(2)53/h15-20,25,34-35H,5-14,21-24H2,1-4H3,(H,45,53)(H,46,56)(H,47,57)(H,48,58)(H,49,54)(H,50,55)/t34-,35-/m0/s1. The summed E-state index contributed by atoms with van der Waals surface area (Å²) in [7, 11) is 0. The van der Waals surface area contributed by atoms with Crippen LogP contribution in [0.1, 0.15) is 101 Å². The molecule has 2 atom stereocenters. The van der Waals surface area contributed by atoms with Crippen molar-refractivity contribution in [1.29, 1.82) is 0 Å². The first-order valence-corrected chi connectivity index (χ1v) is 20.7. The van der Waals surface area contributed by atoms with Gasteiger partial charge in [0.1, 0.15) is 12.1 Å². The number of carbonyl (C=O) groups excluding carboxylic acids is 6. The topological polar surface area (TPSA) is 192 Å². The van der Waals surface area contributed by atoms with Gasteiger partial charge in [-0.3, -0.25) is 28.8 Å². The quantitative estimate of drug-likeness (QED) is 0.0612. The molecule has 0 bridgehead atoms. The fourth-order valence-corrected chi connectivity index (χ4v) is 6.90. The van der Waals surface area contributed by atoms with Crippen molar-refractivity contribution < 1.29 is 28.8 Å². The Hall–Kier alpha value is -4.66. The SMILES string of the molecule is CC(=O)NCCCC[C@H](NC(C)=O)C(=O)NCCCC[C@H](NC(C)=O)C(=O)NCCCCCCNC(=O)c1nn(-c2ccc(Cl)cc2Cl)c(-c2ccc(Cl)cc2)c1C. The molecule has 316 valence electrons. The van der Waals surface area contributed by atoms with Crippen molar-refractivity contribution in [3.05, 3.63) is 68.8 Å². The number of benzene rings is 2. The highest BCUT2D eigenvalue weighted by Crippen LogP contribution is 2.33. The van der Waals surface area contributed by atoms with Crippen LogP contribution in [-0.4, -0.2) is 83.5 Å². The average Bonchev–Trinajstić information content (AvgIpc) is 3.50. The van der Waals surface area contributed by atoms with E-state index in [2.05, 4.69) is 37.0 Å². The third-order valence-corrected chi connectivity index (χ3v) is 9.97. The number of carbonyl (C=O) groups is 6. The number of nitrogens with zero attached hydrogens (tertiary/aromatic N) is 2. The van der Waals surface area contributed by atoms with E-state index in [-0.39, 0.29) is 41.1 Å². The summed E-state index contributed by atoms with van der Waals surface area (Å²) in [6.45, 7) is 7.72. The number of amides is 6. The molecule has 6 amide bonds. The van der Waals surface area contributed by atoms with Gasteiger partial charge in [-0.1, -0.05) is 59.8 Å². The summed E-state index contributed by atoms with van der Waals surface area (Å²) in [5, 5.41) is 22.9. The lowest BCUT2D eigenvalue weighted by molar-refractivity contribution is -0.128. The third kappa shape index (κ3) is 16.3. The van der Waals surface area contributed by atoms with E-state index in [0.29, 0.717) is 96.7 Å². The molecule has 0 aliphatic heterocycles. The molecule has 0 spiro atoms. The summed E-state index contributed by atoms with van der Waals surface area (Å²) in [4.78, 5) is 73.4. The van der Waals surface area contributed by atoms with E-state index in [0.717, 1.165) is 31.2 Å². The number of rotatable bonds is 24. The Morgan fingerprint density at radius 2 is 1.09 bits per heavy atom. The maximum atomic E-state index is 13.3. The number of hydrogen-bond acceptors (Lipinski definition) is 7. The smallest absolute Gasteiger partial charge is 0.272 e. The lowest BCUT2D eigenvalue weighted by atomic mass is 10.1. The largest absolute Gasteiger partial charge is 0.356 e. The molecule has 0 unspecified atom stereocenters. The Morgan fingerprint density at radius 3 is 1.59 bits per heavy atom. The summed E-state index contributed by atoms with van der Waals surface area (Å²) in [6.07, 6.45) is 6.39. The fraction of sp³-hybridized carbons (Fsp3) is 0.488. The van der Waals surface area contributed by atoms with Crippen molar-refractivity contribution >= 4 is 70.2 Å². The molecule has 1 heterocycles. The van der Waals surface area contributed by atoms with Gasteiger partial charge < -0.3 is 31.9 Å². The highest BCUT2D eigenvalue weighted by molar-refractivity contribution is 6.35. The van der Waals surface area contributed by atoms with Gasteiger partial charge in [0.05, 0.1) is 16.4 Å². The first-order chi connectivity index (χ1) is 27.7. The first kappa shape index (κ1) is 47.7. The number of nitrogens with one attached hydrogen (secondary N) is 6. The number of unbranched alkanes of at least 4 members (excludes halogenated alkanes) is 5. The molecule has 1 aromatic heterocycles. The van der Waals surface area contributed by atoms with Crippen LogP contribution in [0.25, 0.3) is 16.9 Å². The van der Waals surface area contributed by atoms with Crippen LogP contribution in [-0.2, 0) is 24.0 Å². The molecular formula is C41H55Cl3N8O6. The van der Waals surface area contributed by atoms with E-state index in [1.165, 1.54) is 20.8 Å². The van der Waals surface area contributed by atoms with Crippen molar-refractivity contribution in [2.75, 3.05) is 26.2 Å². The van der Waals surface area contributed by atoms with Crippen LogP contribution < -0.4 is 31.9 Å². The van der Waals surface area contributed by atoms with Gasteiger partial charge in [0.2, 0.25) is 29.5 Å². The van der Waals surface area contributed by atoms with E-state index >= 15 is 0 Å². The lowest BCUT2D eigenvalue weighted by Gasteiger charge is -2.19. The van der Waals surface area contributed by atoms with Crippen LogP contribution in [0.5, 0.6) is 0 Å². The Kier molecular flexibility index (Phi) is 20.5. The molecule has 0 aliphatic carbocycles. The summed E-state index contributed by atoms with van der Waals surface area (Å²) in [5.41, 5.74) is 3.05. The summed E-state index contributed by atoms with van der Waals surface area (Å²) in [5.74, 6) is -1.62. The number of aromatic nitrogens is 2. The van der Waals surface area contributed by atoms with Crippen LogP contribution in [0.2, 0.25) is 15.1 Å². The van der Waals surface area contributed by atoms with Crippen molar-refractivity contribution in [2.24, 2.45) is 0 Å². The molecule has 2 aromatic carbocycles. The maximum Gasteiger partial charge on any atom is 0.272 e. The second-order valence-electron chi connectivity index (χ2n) is 14.1. The average molecular weight is 862 g/mol. The van der Waals surface area contributed by atoms with Crippen LogP contribution in [0.15, 0.2) is 42.5 Å². The van der Waals surface area contributed by atoms with E-state index in [1.54, 1.807) is 35.0 Å². The molecule has 14 nitrogen and oxygen atoms in total. The Bertz CT molecular complexity index is 1870. The monoisotopic (exact) mass is 860 g/mol. The van der Waals surface area contributed by atoms with E-state index in [9.17, 15) is 28.8 Å². The predicted octanol–water partition coefficient (Wildman–Crippen LogP) is 5.82. The zero-order chi connectivity index (χ0) is 42.6. The van der Waals surface area contributed by atoms with E-state index in [1.807, 2.05) is 19.1 Å². The minimum atomic E-state index is -0.706. The lowest BCUT2D eigenvalue weighted by Crippen LogP contribution is -2.47. The number of halogens is 3. The zero-order valence-corrected chi connectivity index (χ0v) is 35.8. The van der Waals surface area contributed by atoms with Gasteiger partial charge in [0.15, 0.2) is 5.69 Å². The Morgan fingerprint density at radius 1 is 0.603 bits per heavy atom. The van der Waals surface area contributed by atoms with Crippen LogP contribution in [0.3, 0.4) is 0 Å². The Balaban J connectivity index is 1.39. The summed E-state index contributed by atoms with van der Waals surface area (Å²) in [6, 6.07) is 11.0. The number of hydrogen-bond donors (Lipinski definition) is 6. The minimum Gasteiger partial charge on any atom is -0.356 e. The summed E-state index contributed by atoms with van der Waals surface area (Å²) < 4.78 is 1.64. The van der Waals surface area contributed by atoms with Crippen LogP contribution in [0.4, 0.5) is 0 Å². The normalized spacial score (nSPS) is 11.9. The predicted molar refractivity (Wildman–Crippen MR) is 227 cm³/mol. The van der Waals surface area contributed by atoms with Gasteiger partial charge in [0, 0.05) is 68.1 Å². The molecule has 0 saturated heterocycles. The fourth-order valence-electron chi connectivity index (χ4n) is 6.28. The van der Waals surface area contributed by atoms with Crippen molar-refractivity contribution in [3.8, 4) is 16.9 Å². The van der Waals surface area contributed by atoms with Crippen molar-refractivity contribution in [3.63, 3.8) is 0 Å². The highest BCUT2D eigenvalue weighted by atomic mass is 35.5. The maximum absolute atomic E-state index is 13.3.